The van der Waals surface area contributed by atoms with Crippen molar-refractivity contribution in [3.63, 3.8) is 0 Å². The average Bonchev–Trinajstić information content (AvgIpc) is 2.20. The molecular weight excluding hydrogens is 215 g/mol. The summed E-state index contributed by atoms with van der Waals surface area (Å²) < 4.78 is 4.88. The molecule has 0 amide bonds. The molecule has 0 aliphatic carbocycles. The van der Waals surface area contributed by atoms with Gasteiger partial charge in [-0.05, 0) is 6.42 Å². The first-order chi connectivity index (χ1) is 7.27. The fraction of sp³-hybridized carbons (Fsp3) is 0.917. The SMILES string of the molecule is CCCCCCCCCCOCC(=O)[O-].[Na+]. The molecule has 0 aliphatic heterocycles. The number of carboxylic acid groups (broad SMARTS) is 1. The van der Waals surface area contributed by atoms with Gasteiger partial charge in [-0.2, -0.15) is 0 Å². The van der Waals surface area contributed by atoms with Gasteiger partial charge < -0.3 is 14.6 Å². The van der Waals surface area contributed by atoms with Crippen LogP contribution in [0.15, 0.2) is 0 Å². The largest absolute Gasteiger partial charge is 1.00 e. The molecule has 0 aromatic carbocycles. The maximum atomic E-state index is 10.00. The number of rotatable bonds is 11. The standard InChI is InChI=1S/C12H24O3.Na/c1-2-3-4-5-6-7-8-9-10-15-11-12(13)14;/h2-11H2,1H3,(H,13,14);/q;+1/p-1. The van der Waals surface area contributed by atoms with Crippen molar-refractivity contribution < 1.29 is 44.2 Å². The molecule has 16 heavy (non-hydrogen) atoms. The van der Waals surface area contributed by atoms with Gasteiger partial charge in [0.1, 0.15) is 0 Å². The van der Waals surface area contributed by atoms with E-state index in [1.54, 1.807) is 0 Å². The van der Waals surface area contributed by atoms with Gasteiger partial charge in [-0.3, -0.25) is 0 Å². The smallest absolute Gasteiger partial charge is 0.548 e. The van der Waals surface area contributed by atoms with E-state index in [0.29, 0.717) is 6.61 Å². The number of carbonyl (C=O) groups is 1. The summed E-state index contributed by atoms with van der Waals surface area (Å²) in [5.74, 6) is -1.13. The molecule has 0 spiro atoms. The third-order valence-electron chi connectivity index (χ3n) is 2.36. The van der Waals surface area contributed by atoms with E-state index in [-0.39, 0.29) is 36.2 Å². The Morgan fingerprint density at radius 2 is 1.50 bits per heavy atom. The number of hydrogen-bond donors (Lipinski definition) is 0. The van der Waals surface area contributed by atoms with Gasteiger partial charge in [0.2, 0.25) is 0 Å². The van der Waals surface area contributed by atoms with Crippen LogP contribution in [0.5, 0.6) is 0 Å². The van der Waals surface area contributed by atoms with Gasteiger partial charge >= 0.3 is 29.6 Å². The quantitative estimate of drug-likeness (QED) is 0.339. The molecule has 0 fully saturated rings. The summed E-state index contributed by atoms with van der Waals surface area (Å²) in [5, 5.41) is 10.00. The Morgan fingerprint density at radius 3 is 2.00 bits per heavy atom. The minimum Gasteiger partial charge on any atom is -0.548 e. The van der Waals surface area contributed by atoms with Crippen molar-refractivity contribution in [1.29, 1.82) is 0 Å². The van der Waals surface area contributed by atoms with Crippen LogP contribution < -0.4 is 34.7 Å². The van der Waals surface area contributed by atoms with Crippen molar-refractivity contribution in [1.82, 2.24) is 0 Å². The molecule has 0 bridgehead atoms. The van der Waals surface area contributed by atoms with Crippen molar-refractivity contribution >= 4 is 5.97 Å². The maximum Gasteiger partial charge on any atom is 1.00 e. The monoisotopic (exact) mass is 238 g/mol. The molecule has 0 aromatic rings. The summed E-state index contributed by atoms with van der Waals surface area (Å²) in [7, 11) is 0. The van der Waals surface area contributed by atoms with E-state index in [1.165, 1.54) is 38.5 Å². The van der Waals surface area contributed by atoms with Gasteiger partial charge in [0.05, 0.1) is 12.6 Å². The molecule has 0 saturated heterocycles. The third-order valence-corrected chi connectivity index (χ3v) is 2.36. The summed E-state index contributed by atoms with van der Waals surface area (Å²) in [4.78, 5) is 10.00. The first kappa shape index (κ1) is 18.8. The number of ether oxygens (including phenoxy) is 1. The fourth-order valence-corrected chi connectivity index (χ4v) is 1.49. The molecule has 4 heteroatoms. The van der Waals surface area contributed by atoms with Crippen LogP contribution in [0.3, 0.4) is 0 Å². The molecule has 0 aliphatic rings. The maximum absolute atomic E-state index is 10.00. The Hall–Kier alpha value is 0.430. The second-order valence-electron chi connectivity index (χ2n) is 3.90. The van der Waals surface area contributed by atoms with Crippen molar-refractivity contribution in [2.45, 2.75) is 58.3 Å². The Bertz CT molecular complexity index is 151. The van der Waals surface area contributed by atoms with Crippen molar-refractivity contribution in [3.8, 4) is 0 Å². The average molecular weight is 238 g/mol. The number of unbranched alkanes of at least 4 members (excludes halogenated alkanes) is 7. The first-order valence-corrected chi connectivity index (χ1v) is 6.05. The van der Waals surface area contributed by atoms with Gasteiger partial charge in [0.15, 0.2) is 0 Å². The summed E-state index contributed by atoms with van der Waals surface area (Å²) in [6.07, 6.45) is 9.93. The van der Waals surface area contributed by atoms with Crippen LogP contribution in [0.4, 0.5) is 0 Å². The minimum absolute atomic E-state index is 0. The number of carboxylic acids is 1. The van der Waals surface area contributed by atoms with E-state index in [0.717, 1.165) is 12.8 Å². The normalized spacial score (nSPS) is 9.81. The zero-order chi connectivity index (χ0) is 11.4. The molecule has 0 saturated carbocycles. The molecular formula is C12H23NaO3. The van der Waals surface area contributed by atoms with Crippen LogP contribution in [0.25, 0.3) is 0 Å². The van der Waals surface area contributed by atoms with Crippen LogP contribution in [-0.2, 0) is 9.53 Å². The van der Waals surface area contributed by atoms with Gasteiger partial charge in [-0.15, -0.1) is 0 Å². The molecule has 0 N–H and O–H groups in total. The van der Waals surface area contributed by atoms with Crippen LogP contribution in [0.2, 0.25) is 0 Å². The number of hydrogen-bond acceptors (Lipinski definition) is 3. The second-order valence-corrected chi connectivity index (χ2v) is 3.90. The van der Waals surface area contributed by atoms with E-state index in [4.69, 9.17) is 4.74 Å². The predicted octanol–water partition coefficient (Wildman–Crippen LogP) is -1.10. The summed E-state index contributed by atoms with van der Waals surface area (Å²) in [6, 6.07) is 0. The zero-order valence-electron chi connectivity index (χ0n) is 10.8. The molecule has 0 atom stereocenters. The fourth-order valence-electron chi connectivity index (χ4n) is 1.49. The van der Waals surface area contributed by atoms with Crippen molar-refractivity contribution in [2.75, 3.05) is 13.2 Å². The third kappa shape index (κ3) is 16.8. The van der Waals surface area contributed by atoms with E-state index < -0.39 is 5.97 Å². The molecule has 0 heterocycles. The molecule has 0 rings (SSSR count). The second kappa shape index (κ2) is 15.4. The van der Waals surface area contributed by atoms with Crippen LogP contribution in [-0.4, -0.2) is 19.2 Å². The summed E-state index contributed by atoms with van der Waals surface area (Å²) >= 11 is 0. The van der Waals surface area contributed by atoms with E-state index >= 15 is 0 Å². The van der Waals surface area contributed by atoms with Crippen LogP contribution in [0.1, 0.15) is 58.3 Å². The molecule has 0 aromatic heterocycles. The number of carbonyl (C=O) groups excluding carboxylic acids is 1. The Morgan fingerprint density at radius 1 is 1.00 bits per heavy atom. The van der Waals surface area contributed by atoms with Crippen molar-refractivity contribution in [2.24, 2.45) is 0 Å². The topological polar surface area (TPSA) is 49.4 Å². The van der Waals surface area contributed by atoms with Gasteiger partial charge in [0.25, 0.3) is 0 Å². The molecule has 90 valence electrons. The van der Waals surface area contributed by atoms with Crippen LogP contribution >= 0.6 is 0 Å². The van der Waals surface area contributed by atoms with Crippen LogP contribution in [0, 0.1) is 0 Å². The van der Waals surface area contributed by atoms with Gasteiger partial charge in [-0.25, -0.2) is 0 Å². The first-order valence-electron chi connectivity index (χ1n) is 6.05. The molecule has 0 radical (unpaired) electrons. The summed E-state index contributed by atoms with van der Waals surface area (Å²) in [6.45, 7) is 2.49. The van der Waals surface area contributed by atoms with Gasteiger partial charge in [-0.1, -0.05) is 51.9 Å². The predicted molar refractivity (Wildman–Crippen MR) is 58.4 cm³/mol. The summed E-state index contributed by atoms with van der Waals surface area (Å²) in [5.41, 5.74) is 0. The molecule has 0 unspecified atom stereocenters. The van der Waals surface area contributed by atoms with Crippen molar-refractivity contribution in [3.05, 3.63) is 0 Å². The Kier molecular flexibility index (Phi) is 18.1. The van der Waals surface area contributed by atoms with Gasteiger partial charge in [0, 0.05) is 6.61 Å². The Labute approximate surface area is 121 Å². The minimum atomic E-state index is -1.13. The zero-order valence-corrected chi connectivity index (χ0v) is 12.8. The number of aliphatic carboxylic acids is 1. The van der Waals surface area contributed by atoms with E-state index in [2.05, 4.69) is 6.92 Å². The van der Waals surface area contributed by atoms with E-state index in [9.17, 15) is 9.90 Å². The van der Waals surface area contributed by atoms with E-state index in [1.807, 2.05) is 0 Å². The molecule has 3 nitrogen and oxygen atoms in total. The Balaban J connectivity index is 0.